The molecule has 0 radical (unpaired) electrons. The SMILES string of the molecule is CNCc1ccccc1NC(=O)c1cccc(C#N)c1. The van der Waals surface area contributed by atoms with Crippen LogP contribution in [-0.2, 0) is 6.54 Å². The van der Waals surface area contributed by atoms with Crippen LogP contribution in [0.5, 0.6) is 0 Å². The molecule has 0 unspecified atom stereocenters. The molecule has 0 aromatic heterocycles. The van der Waals surface area contributed by atoms with Crippen molar-refractivity contribution < 1.29 is 4.79 Å². The highest BCUT2D eigenvalue weighted by Gasteiger charge is 2.09. The normalized spacial score (nSPS) is 9.80. The monoisotopic (exact) mass is 265 g/mol. The summed E-state index contributed by atoms with van der Waals surface area (Å²) in [6, 6.07) is 16.3. The third kappa shape index (κ3) is 3.22. The number of nitriles is 1. The predicted octanol–water partition coefficient (Wildman–Crippen LogP) is 2.53. The van der Waals surface area contributed by atoms with Crippen LogP contribution in [0.15, 0.2) is 48.5 Å². The van der Waals surface area contributed by atoms with Gasteiger partial charge in [-0.25, -0.2) is 0 Å². The van der Waals surface area contributed by atoms with Gasteiger partial charge in [0.15, 0.2) is 0 Å². The van der Waals surface area contributed by atoms with E-state index in [0.29, 0.717) is 17.7 Å². The van der Waals surface area contributed by atoms with E-state index in [-0.39, 0.29) is 5.91 Å². The Morgan fingerprint density at radius 2 is 2.00 bits per heavy atom. The summed E-state index contributed by atoms with van der Waals surface area (Å²) in [4.78, 5) is 12.2. The van der Waals surface area contributed by atoms with Gasteiger partial charge in [0.05, 0.1) is 11.6 Å². The maximum absolute atomic E-state index is 12.2. The second-order valence-corrected chi connectivity index (χ2v) is 4.33. The molecule has 4 nitrogen and oxygen atoms in total. The first kappa shape index (κ1) is 13.8. The fraction of sp³-hybridized carbons (Fsp3) is 0.125. The van der Waals surface area contributed by atoms with Crippen molar-refractivity contribution >= 4 is 11.6 Å². The molecule has 0 aliphatic heterocycles. The van der Waals surface area contributed by atoms with Crippen molar-refractivity contribution in [1.29, 1.82) is 5.26 Å². The second kappa shape index (κ2) is 6.50. The van der Waals surface area contributed by atoms with Crippen LogP contribution in [-0.4, -0.2) is 13.0 Å². The van der Waals surface area contributed by atoms with Gasteiger partial charge in [-0.2, -0.15) is 5.26 Å². The van der Waals surface area contributed by atoms with E-state index in [9.17, 15) is 4.79 Å². The number of hydrogen-bond acceptors (Lipinski definition) is 3. The third-order valence-corrected chi connectivity index (χ3v) is 2.89. The number of para-hydroxylation sites is 1. The second-order valence-electron chi connectivity index (χ2n) is 4.33. The lowest BCUT2D eigenvalue weighted by Gasteiger charge is -2.10. The zero-order chi connectivity index (χ0) is 14.4. The van der Waals surface area contributed by atoms with E-state index in [1.165, 1.54) is 0 Å². The molecule has 2 rings (SSSR count). The van der Waals surface area contributed by atoms with Gasteiger partial charge in [-0.15, -0.1) is 0 Å². The van der Waals surface area contributed by atoms with Gasteiger partial charge in [-0.1, -0.05) is 24.3 Å². The van der Waals surface area contributed by atoms with Crippen molar-refractivity contribution in [3.05, 3.63) is 65.2 Å². The van der Waals surface area contributed by atoms with E-state index in [1.54, 1.807) is 24.3 Å². The van der Waals surface area contributed by atoms with Crippen molar-refractivity contribution in [3.8, 4) is 6.07 Å². The lowest BCUT2D eigenvalue weighted by molar-refractivity contribution is 0.102. The Labute approximate surface area is 118 Å². The average Bonchev–Trinajstić information content (AvgIpc) is 2.49. The summed E-state index contributed by atoms with van der Waals surface area (Å²) in [6.07, 6.45) is 0. The van der Waals surface area contributed by atoms with Crippen LogP contribution >= 0.6 is 0 Å². The topological polar surface area (TPSA) is 64.9 Å². The van der Waals surface area contributed by atoms with E-state index < -0.39 is 0 Å². The number of carbonyl (C=O) groups is 1. The van der Waals surface area contributed by atoms with Crippen LogP contribution in [0.1, 0.15) is 21.5 Å². The Morgan fingerprint density at radius 1 is 1.20 bits per heavy atom. The van der Waals surface area contributed by atoms with E-state index in [2.05, 4.69) is 10.6 Å². The highest BCUT2D eigenvalue weighted by Crippen LogP contribution is 2.16. The minimum absolute atomic E-state index is 0.217. The number of nitrogens with zero attached hydrogens (tertiary/aromatic N) is 1. The van der Waals surface area contributed by atoms with Crippen molar-refractivity contribution in [2.75, 3.05) is 12.4 Å². The number of carbonyl (C=O) groups excluding carboxylic acids is 1. The molecular formula is C16H15N3O. The van der Waals surface area contributed by atoms with E-state index in [4.69, 9.17) is 5.26 Å². The van der Waals surface area contributed by atoms with Crippen molar-refractivity contribution in [3.63, 3.8) is 0 Å². The number of nitrogens with one attached hydrogen (secondary N) is 2. The molecule has 4 heteroatoms. The molecule has 100 valence electrons. The Balaban J connectivity index is 2.21. The molecule has 0 bridgehead atoms. The van der Waals surface area contributed by atoms with E-state index in [0.717, 1.165) is 11.3 Å². The smallest absolute Gasteiger partial charge is 0.255 e. The lowest BCUT2D eigenvalue weighted by Crippen LogP contribution is -2.15. The number of rotatable bonds is 4. The van der Waals surface area contributed by atoms with Crippen molar-refractivity contribution in [1.82, 2.24) is 5.32 Å². The summed E-state index contributed by atoms with van der Waals surface area (Å²) in [5.41, 5.74) is 2.73. The Bertz CT molecular complexity index is 659. The van der Waals surface area contributed by atoms with Gasteiger partial charge in [0, 0.05) is 17.8 Å². The largest absolute Gasteiger partial charge is 0.322 e. The summed E-state index contributed by atoms with van der Waals surface area (Å²) in [6.45, 7) is 0.675. The number of amides is 1. The molecule has 0 aliphatic rings. The number of anilines is 1. The van der Waals surface area contributed by atoms with E-state index >= 15 is 0 Å². The summed E-state index contributed by atoms with van der Waals surface area (Å²) < 4.78 is 0. The lowest BCUT2D eigenvalue weighted by atomic mass is 10.1. The highest BCUT2D eigenvalue weighted by molar-refractivity contribution is 6.04. The van der Waals surface area contributed by atoms with Crippen molar-refractivity contribution in [2.24, 2.45) is 0 Å². The fourth-order valence-electron chi connectivity index (χ4n) is 1.91. The zero-order valence-electron chi connectivity index (χ0n) is 11.2. The van der Waals surface area contributed by atoms with Crippen LogP contribution in [0.4, 0.5) is 5.69 Å². The van der Waals surface area contributed by atoms with Gasteiger partial charge in [0.1, 0.15) is 0 Å². The molecule has 0 fully saturated rings. The Morgan fingerprint density at radius 3 is 2.75 bits per heavy atom. The van der Waals surface area contributed by atoms with Gasteiger partial charge in [0.25, 0.3) is 5.91 Å². The highest BCUT2D eigenvalue weighted by atomic mass is 16.1. The molecule has 0 atom stereocenters. The zero-order valence-corrected chi connectivity index (χ0v) is 11.2. The first-order valence-electron chi connectivity index (χ1n) is 6.28. The molecule has 0 spiro atoms. The summed E-state index contributed by atoms with van der Waals surface area (Å²) in [5, 5.41) is 14.8. The summed E-state index contributed by atoms with van der Waals surface area (Å²) in [5.74, 6) is -0.217. The first-order chi connectivity index (χ1) is 9.74. The minimum atomic E-state index is -0.217. The van der Waals surface area contributed by atoms with Crippen LogP contribution < -0.4 is 10.6 Å². The summed E-state index contributed by atoms with van der Waals surface area (Å²) in [7, 11) is 1.86. The molecule has 0 aliphatic carbocycles. The molecule has 2 N–H and O–H groups in total. The van der Waals surface area contributed by atoms with Gasteiger partial charge < -0.3 is 10.6 Å². The van der Waals surface area contributed by atoms with Crippen LogP contribution in [0.2, 0.25) is 0 Å². The van der Waals surface area contributed by atoms with Gasteiger partial charge in [0.2, 0.25) is 0 Å². The van der Waals surface area contributed by atoms with Crippen LogP contribution in [0, 0.1) is 11.3 Å². The minimum Gasteiger partial charge on any atom is -0.322 e. The van der Waals surface area contributed by atoms with Crippen LogP contribution in [0.25, 0.3) is 0 Å². The molecule has 0 saturated carbocycles. The Hall–Kier alpha value is -2.64. The molecule has 20 heavy (non-hydrogen) atoms. The maximum atomic E-state index is 12.2. The van der Waals surface area contributed by atoms with Gasteiger partial charge >= 0.3 is 0 Å². The van der Waals surface area contributed by atoms with Gasteiger partial charge in [-0.3, -0.25) is 4.79 Å². The molecule has 2 aromatic rings. The number of benzene rings is 2. The van der Waals surface area contributed by atoms with E-state index in [1.807, 2.05) is 37.4 Å². The standard InChI is InChI=1S/C16H15N3O/c1-18-11-14-6-2-3-8-15(14)19-16(20)13-7-4-5-12(9-13)10-17/h2-9,18H,11H2,1H3,(H,19,20). The quantitative estimate of drug-likeness (QED) is 0.892. The summed E-state index contributed by atoms with van der Waals surface area (Å²) >= 11 is 0. The maximum Gasteiger partial charge on any atom is 0.255 e. The van der Waals surface area contributed by atoms with Crippen molar-refractivity contribution in [2.45, 2.75) is 6.54 Å². The van der Waals surface area contributed by atoms with Crippen LogP contribution in [0.3, 0.4) is 0 Å². The first-order valence-corrected chi connectivity index (χ1v) is 6.28. The fourth-order valence-corrected chi connectivity index (χ4v) is 1.91. The Kier molecular flexibility index (Phi) is 4.48. The molecule has 0 heterocycles. The molecule has 0 saturated heterocycles. The van der Waals surface area contributed by atoms with Gasteiger partial charge in [-0.05, 0) is 36.9 Å². The molecule has 1 amide bonds. The molecular weight excluding hydrogens is 250 g/mol. The average molecular weight is 265 g/mol. The molecule has 2 aromatic carbocycles. The third-order valence-electron chi connectivity index (χ3n) is 2.89. The number of hydrogen-bond donors (Lipinski definition) is 2. The predicted molar refractivity (Wildman–Crippen MR) is 78.3 cm³/mol.